The molecule has 0 fully saturated rings. The van der Waals surface area contributed by atoms with E-state index in [1.165, 1.54) is 0 Å². The minimum Gasteiger partial charge on any atom is -0.350 e. The van der Waals surface area contributed by atoms with Crippen molar-refractivity contribution < 1.29 is 26.7 Å². The summed E-state index contributed by atoms with van der Waals surface area (Å²) in [4.78, 5) is 11.5. The number of nitrogens with one attached hydrogen (secondary N) is 1. The molecule has 1 N–H and O–H groups in total. The lowest BCUT2D eigenvalue weighted by atomic mass is 10.1. The Morgan fingerprint density at radius 1 is 1.00 bits per heavy atom. The van der Waals surface area contributed by atoms with Gasteiger partial charge >= 0.3 is 0 Å². The lowest BCUT2D eigenvalue weighted by Crippen LogP contribution is -2.33. The van der Waals surface area contributed by atoms with Crippen LogP contribution in [0.15, 0.2) is 0 Å². The molecule has 1 aromatic rings. The smallest absolute Gasteiger partial charge is 0.257 e. The Morgan fingerprint density at radius 2 is 1.40 bits per heavy atom. The van der Waals surface area contributed by atoms with Crippen LogP contribution >= 0.6 is 11.6 Å². The predicted molar refractivity (Wildman–Crippen MR) is 63.0 cm³/mol. The van der Waals surface area contributed by atoms with E-state index in [9.17, 15) is 26.7 Å². The molecule has 20 heavy (non-hydrogen) atoms. The molecule has 0 aliphatic rings. The van der Waals surface area contributed by atoms with Gasteiger partial charge in [-0.1, -0.05) is 13.8 Å². The van der Waals surface area contributed by atoms with Crippen molar-refractivity contribution >= 4 is 17.5 Å². The standard InChI is InChI=1S/C12H11ClF5NO/c1-4(2)5(13)3-19-12(20)6-7(14)9(16)11(18)10(17)8(6)15/h4-5H,3H2,1-2H3,(H,19,20). The van der Waals surface area contributed by atoms with Crippen molar-refractivity contribution in [1.82, 2.24) is 5.32 Å². The quantitative estimate of drug-likeness (QED) is 0.392. The monoisotopic (exact) mass is 315 g/mol. The lowest BCUT2D eigenvalue weighted by molar-refractivity contribution is 0.0940. The first-order valence-electron chi connectivity index (χ1n) is 5.62. The van der Waals surface area contributed by atoms with Crippen LogP contribution in [0.3, 0.4) is 0 Å². The first-order valence-corrected chi connectivity index (χ1v) is 6.05. The first-order chi connectivity index (χ1) is 9.18. The second kappa shape index (κ2) is 6.39. The van der Waals surface area contributed by atoms with Gasteiger partial charge in [-0.25, -0.2) is 22.0 Å². The summed E-state index contributed by atoms with van der Waals surface area (Å²) in [5.41, 5.74) is -1.52. The zero-order valence-corrected chi connectivity index (χ0v) is 11.3. The van der Waals surface area contributed by atoms with E-state index in [1.54, 1.807) is 13.8 Å². The van der Waals surface area contributed by atoms with Crippen LogP contribution in [0.2, 0.25) is 0 Å². The van der Waals surface area contributed by atoms with Crippen LogP contribution in [0.1, 0.15) is 24.2 Å². The van der Waals surface area contributed by atoms with E-state index >= 15 is 0 Å². The maximum absolute atomic E-state index is 13.3. The van der Waals surface area contributed by atoms with Crippen LogP contribution in [0.4, 0.5) is 22.0 Å². The van der Waals surface area contributed by atoms with Crippen molar-refractivity contribution in [2.45, 2.75) is 19.2 Å². The number of alkyl halides is 1. The number of hydrogen-bond acceptors (Lipinski definition) is 1. The van der Waals surface area contributed by atoms with Crippen LogP contribution in [-0.4, -0.2) is 17.8 Å². The third-order valence-electron chi connectivity index (χ3n) is 2.62. The number of carbonyl (C=O) groups is 1. The summed E-state index contributed by atoms with van der Waals surface area (Å²) in [6.45, 7) is 3.31. The molecule has 1 rings (SSSR count). The van der Waals surface area contributed by atoms with Crippen molar-refractivity contribution in [3.05, 3.63) is 34.6 Å². The van der Waals surface area contributed by atoms with E-state index in [-0.39, 0.29) is 12.5 Å². The van der Waals surface area contributed by atoms with Crippen molar-refractivity contribution in [3.8, 4) is 0 Å². The fourth-order valence-electron chi connectivity index (χ4n) is 1.32. The maximum atomic E-state index is 13.3. The van der Waals surface area contributed by atoms with E-state index in [0.29, 0.717) is 0 Å². The van der Waals surface area contributed by atoms with Gasteiger partial charge in [0.1, 0.15) is 5.56 Å². The molecule has 0 saturated heterocycles. The largest absolute Gasteiger partial charge is 0.350 e. The third-order valence-corrected chi connectivity index (χ3v) is 3.28. The number of halogens is 6. The average molecular weight is 316 g/mol. The van der Waals surface area contributed by atoms with Crippen molar-refractivity contribution in [3.63, 3.8) is 0 Å². The van der Waals surface area contributed by atoms with Gasteiger partial charge in [-0.05, 0) is 5.92 Å². The summed E-state index contributed by atoms with van der Waals surface area (Å²) in [6, 6.07) is 0. The molecule has 0 heterocycles. The van der Waals surface area contributed by atoms with Gasteiger partial charge in [0.2, 0.25) is 5.82 Å². The molecule has 8 heteroatoms. The highest BCUT2D eigenvalue weighted by atomic mass is 35.5. The van der Waals surface area contributed by atoms with Gasteiger partial charge in [-0.15, -0.1) is 11.6 Å². The molecule has 0 saturated carbocycles. The molecule has 2 nitrogen and oxygen atoms in total. The van der Waals surface area contributed by atoms with Gasteiger partial charge in [0.25, 0.3) is 5.91 Å². The van der Waals surface area contributed by atoms with Crippen LogP contribution in [0.5, 0.6) is 0 Å². The van der Waals surface area contributed by atoms with Crippen LogP contribution in [0.25, 0.3) is 0 Å². The van der Waals surface area contributed by atoms with Gasteiger partial charge in [-0.2, -0.15) is 0 Å². The second-order valence-corrected chi connectivity index (χ2v) is 4.98. The number of hydrogen-bond donors (Lipinski definition) is 1. The molecule has 0 bridgehead atoms. The minimum atomic E-state index is -2.31. The average Bonchev–Trinajstić information content (AvgIpc) is 2.40. The summed E-state index contributed by atoms with van der Waals surface area (Å²) in [7, 11) is 0. The molecule has 1 aromatic carbocycles. The van der Waals surface area contributed by atoms with Crippen LogP contribution < -0.4 is 5.32 Å². The van der Waals surface area contributed by atoms with E-state index < -0.39 is 45.9 Å². The summed E-state index contributed by atoms with van der Waals surface area (Å²) in [5.74, 6) is -12.4. The molecule has 0 aromatic heterocycles. The highest BCUT2D eigenvalue weighted by molar-refractivity contribution is 6.21. The van der Waals surface area contributed by atoms with E-state index in [2.05, 4.69) is 0 Å². The molecule has 112 valence electrons. The van der Waals surface area contributed by atoms with E-state index in [4.69, 9.17) is 11.6 Å². The van der Waals surface area contributed by atoms with Gasteiger partial charge in [0.05, 0.1) is 5.38 Å². The summed E-state index contributed by atoms with van der Waals surface area (Å²) < 4.78 is 65.3. The maximum Gasteiger partial charge on any atom is 0.257 e. The molecule has 1 atom stereocenters. The van der Waals surface area contributed by atoms with Crippen molar-refractivity contribution in [2.24, 2.45) is 5.92 Å². The fraction of sp³-hybridized carbons (Fsp3) is 0.417. The number of amides is 1. The Kier molecular flexibility index (Phi) is 5.33. The van der Waals surface area contributed by atoms with E-state index in [0.717, 1.165) is 0 Å². The Bertz CT molecular complexity index is 506. The lowest BCUT2D eigenvalue weighted by Gasteiger charge is -2.14. The minimum absolute atomic E-state index is 0.0478. The van der Waals surface area contributed by atoms with Crippen LogP contribution in [0, 0.1) is 35.0 Å². The van der Waals surface area contributed by atoms with Gasteiger partial charge in [-0.3, -0.25) is 4.79 Å². The van der Waals surface area contributed by atoms with Gasteiger partial charge < -0.3 is 5.32 Å². The number of carbonyl (C=O) groups excluding carboxylic acids is 1. The summed E-state index contributed by atoms with van der Waals surface area (Å²) in [6.07, 6.45) is 0. The highest BCUT2D eigenvalue weighted by Crippen LogP contribution is 2.23. The highest BCUT2D eigenvalue weighted by Gasteiger charge is 2.29. The number of rotatable bonds is 4. The zero-order valence-electron chi connectivity index (χ0n) is 10.5. The van der Waals surface area contributed by atoms with Crippen molar-refractivity contribution in [1.29, 1.82) is 0 Å². The number of benzene rings is 1. The molecule has 0 spiro atoms. The van der Waals surface area contributed by atoms with Gasteiger partial charge in [0, 0.05) is 6.54 Å². The molecular weight excluding hydrogens is 305 g/mol. The molecule has 1 amide bonds. The molecule has 0 aliphatic heterocycles. The Hall–Kier alpha value is -1.37. The first kappa shape index (κ1) is 16.7. The Labute approximate surface area is 116 Å². The second-order valence-electron chi connectivity index (χ2n) is 4.41. The Morgan fingerprint density at radius 3 is 1.80 bits per heavy atom. The zero-order chi connectivity index (χ0) is 15.6. The normalized spacial score (nSPS) is 12.7. The SMILES string of the molecule is CC(C)C(Cl)CNC(=O)c1c(F)c(F)c(F)c(F)c1F. The third kappa shape index (κ3) is 3.20. The van der Waals surface area contributed by atoms with Crippen LogP contribution in [-0.2, 0) is 0 Å². The molecular formula is C12H11ClF5NO. The molecule has 0 radical (unpaired) electrons. The fourth-order valence-corrected chi connectivity index (χ4v) is 1.40. The summed E-state index contributed by atoms with van der Waals surface area (Å²) in [5, 5.41) is 1.49. The molecule has 1 unspecified atom stereocenters. The van der Waals surface area contributed by atoms with Gasteiger partial charge in [0.15, 0.2) is 23.3 Å². The molecule has 0 aliphatic carbocycles. The predicted octanol–water partition coefficient (Wildman–Crippen LogP) is 3.38. The Balaban J connectivity index is 3.06. The topological polar surface area (TPSA) is 29.1 Å². The summed E-state index contributed by atoms with van der Waals surface area (Å²) >= 11 is 5.80. The van der Waals surface area contributed by atoms with Crippen molar-refractivity contribution in [2.75, 3.05) is 6.54 Å². The van der Waals surface area contributed by atoms with E-state index in [1.807, 2.05) is 5.32 Å².